The monoisotopic (exact) mass is 430 g/mol. The Bertz CT molecular complexity index is 733. The summed E-state index contributed by atoms with van der Waals surface area (Å²) in [4.78, 5) is 12.5. The quantitative estimate of drug-likeness (QED) is 0.719. The Balaban J connectivity index is 0.00000364. The van der Waals surface area contributed by atoms with Gasteiger partial charge in [0.05, 0.1) is 0 Å². The molecule has 0 bridgehead atoms. The highest BCUT2D eigenvalue weighted by Crippen LogP contribution is 2.28. The third-order valence-electron chi connectivity index (χ3n) is 4.39. The number of carbonyl (C=O) groups is 1. The number of alkyl halides is 3. The van der Waals surface area contributed by atoms with Gasteiger partial charge in [-0.2, -0.15) is 0 Å². The van der Waals surface area contributed by atoms with Gasteiger partial charge in [0.25, 0.3) is 0 Å². The topological polar surface area (TPSA) is 84.5 Å². The number of halogens is 4. The van der Waals surface area contributed by atoms with Crippen LogP contribution in [0.25, 0.3) is 0 Å². The van der Waals surface area contributed by atoms with Crippen molar-refractivity contribution in [2.45, 2.75) is 30.4 Å². The molecule has 0 radical (unpaired) electrons. The molecule has 0 atom stereocenters. The maximum Gasteiger partial charge on any atom is 0.573 e. The third kappa shape index (κ3) is 6.25. The van der Waals surface area contributed by atoms with Crippen LogP contribution in [-0.4, -0.2) is 51.3 Å². The molecular formula is C16H22ClF3N2O4S. The van der Waals surface area contributed by atoms with Gasteiger partial charge in [0.15, 0.2) is 14.6 Å². The van der Waals surface area contributed by atoms with E-state index >= 15 is 0 Å². The van der Waals surface area contributed by atoms with Crippen molar-refractivity contribution in [2.24, 2.45) is 0 Å². The van der Waals surface area contributed by atoms with E-state index < -0.39 is 26.9 Å². The first kappa shape index (κ1) is 23.5. The summed E-state index contributed by atoms with van der Waals surface area (Å²) >= 11 is 0. The van der Waals surface area contributed by atoms with Crippen LogP contribution in [0.2, 0.25) is 0 Å². The van der Waals surface area contributed by atoms with Crippen molar-refractivity contribution >= 4 is 28.2 Å². The predicted octanol–water partition coefficient (Wildman–Crippen LogP) is 1.83. The first-order valence-electron chi connectivity index (χ1n) is 8.07. The van der Waals surface area contributed by atoms with Crippen LogP contribution in [0.1, 0.15) is 18.4 Å². The van der Waals surface area contributed by atoms with Crippen LogP contribution in [0, 0.1) is 0 Å². The number of rotatable bonds is 6. The van der Waals surface area contributed by atoms with Crippen molar-refractivity contribution in [3.63, 3.8) is 0 Å². The zero-order valence-corrected chi connectivity index (χ0v) is 16.3. The lowest BCUT2D eigenvalue weighted by atomic mass is 9.95. The zero-order chi connectivity index (χ0) is 19.4. The Morgan fingerprint density at radius 2 is 1.78 bits per heavy atom. The number of hydrogen-bond donors (Lipinski definition) is 2. The molecule has 0 unspecified atom stereocenters. The van der Waals surface area contributed by atoms with E-state index in [1.54, 1.807) is 0 Å². The zero-order valence-electron chi connectivity index (χ0n) is 14.6. The summed E-state index contributed by atoms with van der Waals surface area (Å²) in [6.07, 6.45) is -2.90. The average molecular weight is 431 g/mol. The second kappa shape index (κ2) is 9.11. The molecule has 1 saturated heterocycles. The molecule has 1 aromatic carbocycles. The molecule has 2 N–H and O–H groups in total. The van der Waals surface area contributed by atoms with Crippen molar-refractivity contribution in [1.29, 1.82) is 0 Å². The SMILES string of the molecule is CS(=O)(=O)C1(C(=O)NCCc2ccc(OC(F)(F)F)cc2)CCNCC1.Cl. The molecule has 1 aliphatic rings. The highest BCUT2D eigenvalue weighted by Gasteiger charge is 2.48. The van der Waals surface area contributed by atoms with Crippen molar-refractivity contribution in [2.75, 3.05) is 25.9 Å². The number of hydrogen-bond acceptors (Lipinski definition) is 5. The van der Waals surface area contributed by atoms with Crippen molar-refractivity contribution < 1.29 is 31.1 Å². The second-order valence-corrected chi connectivity index (χ2v) is 8.54. The van der Waals surface area contributed by atoms with E-state index in [1.807, 2.05) is 0 Å². The minimum atomic E-state index is -4.75. The number of amides is 1. The molecule has 0 spiro atoms. The first-order chi connectivity index (χ1) is 12.0. The molecule has 2 rings (SSSR count). The Labute approximate surface area is 162 Å². The van der Waals surface area contributed by atoms with Gasteiger partial charge in [-0.25, -0.2) is 8.42 Å². The molecule has 1 heterocycles. The fraction of sp³-hybridized carbons (Fsp3) is 0.562. The van der Waals surface area contributed by atoms with Crippen LogP contribution < -0.4 is 15.4 Å². The molecule has 0 saturated carbocycles. The molecule has 1 fully saturated rings. The minimum Gasteiger partial charge on any atom is -0.406 e. The van der Waals surface area contributed by atoms with E-state index in [1.165, 1.54) is 24.3 Å². The summed E-state index contributed by atoms with van der Waals surface area (Å²) in [6.45, 7) is 1.07. The van der Waals surface area contributed by atoms with Crippen molar-refractivity contribution in [3.05, 3.63) is 29.8 Å². The van der Waals surface area contributed by atoms with Gasteiger partial charge in [0.2, 0.25) is 5.91 Å². The molecule has 1 aliphatic heterocycles. The summed E-state index contributed by atoms with van der Waals surface area (Å²) in [5.74, 6) is -0.852. The van der Waals surface area contributed by atoms with Crippen LogP contribution >= 0.6 is 12.4 Å². The van der Waals surface area contributed by atoms with Gasteiger partial charge >= 0.3 is 6.36 Å². The maximum atomic E-state index is 12.5. The smallest absolute Gasteiger partial charge is 0.406 e. The molecule has 154 valence electrons. The minimum absolute atomic E-state index is 0. The Kier molecular flexibility index (Phi) is 7.94. The predicted molar refractivity (Wildman–Crippen MR) is 96.8 cm³/mol. The van der Waals surface area contributed by atoms with Gasteiger partial charge in [-0.05, 0) is 50.0 Å². The lowest BCUT2D eigenvalue weighted by molar-refractivity contribution is -0.274. The van der Waals surface area contributed by atoms with Crippen LogP contribution in [0.4, 0.5) is 13.2 Å². The first-order valence-corrected chi connectivity index (χ1v) is 9.96. The molecule has 1 amide bonds. The van der Waals surface area contributed by atoms with Gasteiger partial charge in [0.1, 0.15) is 5.75 Å². The lowest BCUT2D eigenvalue weighted by Gasteiger charge is -2.34. The fourth-order valence-electron chi connectivity index (χ4n) is 2.94. The second-order valence-electron chi connectivity index (χ2n) is 6.21. The van der Waals surface area contributed by atoms with E-state index in [0.717, 1.165) is 6.26 Å². The molecule has 0 aromatic heterocycles. The summed E-state index contributed by atoms with van der Waals surface area (Å²) in [5.41, 5.74) is 0.693. The van der Waals surface area contributed by atoms with Gasteiger partial charge < -0.3 is 15.4 Å². The van der Waals surface area contributed by atoms with E-state index in [0.29, 0.717) is 25.1 Å². The van der Waals surface area contributed by atoms with E-state index in [4.69, 9.17) is 0 Å². The number of piperidine rings is 1. The number of nitrogens with one attached hydrogen (secondary N) is 2. The Hall–Kier alpha value is -1.52. The number of carbonyl (C=O) groups excluding carboxylic acids is 1. The summed E-state index contributed by atoms with van der Waals surface area (Å²) in [7, 11) is -3.58. The normalized spacial score (nSPS) is 16.9. The van der Waals surface area contributed by atoms with Crippen LogP contribution in [0.15, 0.2) is 24.3 Å². The number of benzene rings is 1. The van der Waals surface area contributed by atoms with Crippen LogP contribution in [-0.2, 0) is 21.1 Å². The number of sulfone groups is 1. The van der Waals surface area contributed by atoms with Crippen molar-refractivity contribution in [1.82, 2.24) is 10.6 Å². The lowest BCUT2D eigenvalue weighted by Crippen LogP contribution is -2.57. The molecule has 11 heteroatoms. The van der Waals surface area contributed by atoms with Gasteiger partial charge in [-0.3, -0.25) is 4.79 Å². The largest absolute Gasteiger partial charge is 0.573 e. The highest BCUT2D eigenvalue weighted by atomic mass is 35.5. The Morgan fingerprint density at radius 1 is 1.22 bits per heavy atom. The van der Waals surface area contributed by atoms with Crippen LogP contribution in [0.5, 0.6) is 5.75 Å². The Morgan fingerprint density at radius 3 is 2.26 bits per heavy atom. The highest BCUT2D eigenvalue weighted by molar-refractivity contribution is 7.92. The van der Waals surface area contributed by atoms with Crippen molar-refractivity contribution in [3.8, 4) is 5.75 Å². The third-order valence-corrected chi connectivity index (χ3v) is 6.40. The van der Waals surface area contributed by atoms with Gasteiger partial charge in [-0.1, -0.05) is 12.1 Å². The van der Waals surface area contributed by atoms with Crippen LogP contribution in [0.3, 0.4) is 0 Å². The molecule has 0 aliphatic carbocycles. The van der Waals surface area contributed by atoms with Gasteiger partial charge in [-0.15, -0.1) is 25.6 Å². The molecular weight excluding hydrogens is 409 g/mol. The van der Waals surface area contributed by atoms with E-state index in [9.17, 15) is 26.4 Å². The van der Waals surface area contributed by atoms with Gasteiger partial charge in [0, 0.05) is 12.8 Å². The maximum absolute atomic E-state index is 12.5. The summed E-state index contributed by atoms with van der Waals surface area (Å²) in [5, 5.41) is 5.68. The van der Waals surface area contributed by atoms with E-state index in [-0.39, 0.29) is 37.5 Å². The number of ether oxygens (including phenoxy) is 1. The molecule has 27 heavy (non-hydrogen) atoms. The molecule has 6 nitrogen and oxygen atoms in total. The summed E-state index contributed by atoms with van der Waals surface area (Å²) < 4.78 is 63.0. The standard InChI is InChI=1S/C16H21F3N2O4S.ClH/c1-26(23,24)15(7-10-20-11-8-15)14(22)21-9-6-12-2-4-13(5-3-12)25-16(17,18)19;/h2-5,20H,6-11H2,1H3,(H,21,22);1H. The summed E-state index contributed by atoms with van der Waals surface area (Å²) in [6, 6.07) is 5.30. The fourth-order valence-corrected chi connectivity index (χ4v) is 4.29. The van der Waals surface area contributed by atoms with E-state index in [2.05, 4.69) is 15.4 Å². The average Bonchev–Trinajstić information content (AvgIpc) is 2.54. The molecule has 1 aromatic rings.